The smallest absolute Gasteiger partial charge is 0.260 e. The van der Waals surface area contributed by atoms with Crippen molar-refractivity contribution in [1.29, 1.82) is 0 Å². The number of ether oxygens (including phenoxy) is 4. The molecule has 2 amide bonds. The van der Waals surface area contributed by atoms with Crippen LogP contribution in [0.25, 0.3) is 0 Å². The van der Waals surface area contributed by atoms with Crippen molar-refractivity contribution in [3.05, 3.63) is 47.0 Å². The Morgan fingerprint density at radius 1 is 1.03 bits per heavy atom. The molecule has 2 aromatic rings. The Morgan fingerprint density at radius 3 is 2.44 bits per heavy atom. The van der Waals surface area contributed by atoms with Gasteiger partial charge in [-0.3, -0.25) is 9.59 Å². The minimum absolute atomic E-state index is 0.160. The van der Waals surface area contributed by atoms with Crippen molar-refractivity contribution in [1.82, 2.24) is 10.2 Å². The average molecular weight is 459 g/mol. The van der Waals surface area contributed by atoms with Gasteiger partial charge in [0.1, 0.15) is 11.4 Å². The number of carbonyl (C=O) groups excluding carboxylic acids is 2. The predicted molar refractivity (Wildman–Crippen MR) is 121 cm³/mol. The molecule has 0 spiro atoms. The molecule has 0 saturated carbocycles. The second-order valence-electron chi connectivity index (χ2n) is 7.41. The first kappa shape index (κ1) is 22.1. The van der Waals surface area contributed by atoms with Gasteiger partial charge in [0, 0.05) is 17.9 Å². The fourth-order valence-electron chi connectivity index (χ4n) is 4.18. The van der Waals surface area contributed by atoms with Crippen LogP contribution in [0.2, 0.25) is 0 Å². The van der Waals surface area contributed by atoms with Gasteiger partial charge in [0.25, 0.3) is 5.91 Å². The first-order chi connectivity index (χ1) is 15.5. The molecule has 2 aliphatic heterocycles. The van der Waals surface area contributed by atoms with Crippen LogP contribution in [0.3, 0.4) is 0 Å². The molecule has 1 fully saturated rings. The number of nitrogens with zero attached hydrogens (tertiary/aromatic N) is 1. The van der Waals surface area contributed by atoms with Gasteiger partial charge in [0.05, 0.1) is 34.0 Å². The van der Waals surface area contributed by atoms with E-state index in [0.717, 1.165) is 11.1 Å². The highest BCUT2D eigenvalue weighted by Gasteiger charge is 2.50. The lowest BCUT2D eigenvalue weighted by molar-refractivity contribution is -0.124. The number of hydrogen-bond donors (Lipinski definition) is 1. The second kappa shape index (κ2) is 9.20. The maximum Gasteiger partial charge on any atom is 0.260 e. The summed E-state index contributed by atoms with van der Waals surface area (Å²) < 4.78 is 21.4. The molecule has 1 N–H and O–H groups in total. The molecule has 4 rings (SSSR count). The third-order valence-electron chi connectivity index (χ3n) is 5.76. The topological polar surface area (TPSA) is 86.3 Å². The number of amides is 2. The van der Waals surface area contributed by atoms with Crippen molar-refractivity contribution in [2.75, 3.05) is 40.7 Å². The minimum Gasteiger partial charge on any atom is -0.493 e. The largest absolute Gasteiger partial charge is 0.493 e. The van der Waals surface area contributed by atoms with E-state index in [4.69, 9.17) is 18.9 Å². The molecular formula is C23H26N2O6S. The summed E-state index contributed by atoms with van der Waals surface area (Å²) in [5.74, 6) is 2.41. The summed E-state index contributed by atoms with van der Waals surface area (Å²) in [7, 11) is 6.23. The summed E-state index contributed by atoms with van der Waals surface area (Å²) in [5.41, 5.74) is 2.36. The standard InChI is InChI=1S/C23H26N2O6S/c1-28-16-7-5-13(11-18(16)30-3)9-10-24-21(26)15-12-32-23-14-6-8-17(29-2)20(31-4)19(14)22(27)25(15)23/h5-8,11,15,23H,9-10,12H2,1-4H3,(H,24,26)/t15-,23+/m0/s1. The van der Waals surface area contributed by atoms with Gasteiger partial charge in [-0.25, -0.2) is 0 Å². The zero-order valence-corrected chi connectivity index (χ0v) is 19.3. The van der Waals surface area contributed by atoms with Gasteiger partial charge in [-0.05, 0) is 30.2 Å². The first-order valence-corrected chi connectivity index (χ1v) is 11.3. The quantitative estimate of drug-likeness (QED) is 0.651. The van der Waals surface area contributed by atoms with E-state index < -0.39 is 6.04 Å². The number of benzene rings is 2. The molecule has 8 nitrogen and oxygen atoms in total. The number of methoxy groups -OCH3 is 4. The zero-order chi connectivity index (χ0) is 22.8. The number of hydrogen-bond acceptors (Lipinski definition) is 7. The molecule has 0 aromatic heterocycles. The predicted octanol–water partition coefficient (Wildman–Crippen LogP) is 2.65. The lowest BCUT2D eigenvalue weighted by Crippen LogP contribution is -2.46. The number of carbonyl (C=O) groups is 2. The Bertz CT molecular complexity index is 1040. The molecule has 1 saturated heterocycles. The molecule has 0 radical (unpaired) electrons. The van der Waals surface area contributed by atoms with Crippen molar-refractivity contribution in [2.24, 2.45) is 0 Å². The molecule has 2 atom stereocenters. The SMILES string of the molecule is COc1ccc(CCNC(=O)[C@@H]2CS[C@@H]3c4ccc(OC)c(OC)c4C(=O)N32)cc1OC. The Balaban J connectivity index is 1.43. The van der Waals surface area contributed by atoms with E-state index in [1.807, 2.05) is 24.3 Å². The fraction of sp³-hybridized carbons (Fsp3) is 0.391. The van der Waals surface area contributed by atoms with Crippen LogP contribution in [0.15, 0.2) is 30.3 Å². The molecule has 170 valence electrons. The van der Waals surface area contributed by atoms with E-state index in [1.54, 1.807) is 36.9 Å². The van der Waals surface area contributed by atoms with Crippen molar-refractivity contribution in [2.45, 2.75) is 17.8 Å². The minimum atomic E-state index is -0.536. The Labute approximate surface area is 191 Å². The van der Waals surface area contributed by atoms with Crippen LogP contribution in [-0.2, 0) is 11.2 Å². The Morgan fingerprint density at radius 2 is 1.75 bits per heavy atom. The van der Waals surface area contributed by atoms with Gasteiger partial charge in [-0.15, -0.1) is 11.8 Å². The van der Waals surface area contributed by atoms with Gasteiger partial charge in [0.2, 0.25) is 5.91 Å². The molecule has 9 heteroatoms. The summed E-state index contributed by atoms with van der Waals surface area (Å²) in [6, 6.07) is 8.82. The number of fused-ring (bicyclic) bond motifs is 3. The maximum atomic E-state index is 13.2. The lowest BCUT2D eigenvalue weighted by atomic mass is 10.1. The highest BCUT2D eigenvalue weighted by molar-refractivity contribution is 7.99. The normalized spacial score (nSPS) is 18.8. The third kappa shape index (κ3) is 3.70. The number of rotatable bonds is 8. The molecule has 0 aliphatic carbocycles. The van der Waals surface area contributed by atoms with E-state index in [1.165, 1.54) is 14.2 Å². The van der Waals surface area contributed by atoms with Crippen LogP contribution in [0.4, 0.5) is 0 Å². The van der Waals surface area contributed by atoms with Crippen LogP contribution >= 0.6 is 11.8 Å². The second-order valence-corrected chi connectivity index (χ2v) is 8.52. The zero-order valence-electron chi connectivity index (χ0n) is 18.5. The van der Waals surface area contributed by atoms with E-state index in [0.29, 0.717) is 47.3 Å². The molecule has 0 bridgehead atoms. The average Bonchev–Trinajstić information content (AvgIpc) is 3.38. The van der Waals surface area contributed by atoms with Gasteiger partial charge < -0.3 is 29.2 Å². The molecule has 2 heterocycles. The first-order valence-electron chi connectivity index (χ1n) is 10.2. The van der Waals surface area contributed by atoms with Gasteiger partial charge in [-0.1, -0.05) is 12.1 Å². The van der Waals surface area contributed by atoms with Crippen molar-refractivity contribution < 1.29 is 28.5 Å². The molecule has 2 aliphatic rings. The van der Waals surface area contributed by atoms with Gasteiger partial charge in [0.15, 0.2) is 23.0 Å². The highest BCUT2D eigenvalue weighted by atomic mass is 32.2. The number of thioether (sulfide) groups is 1. The molecule has 32 heavy (non-hydrogen) atoms. The highest BCUT2D eigenvalue weighted by Crippen LogP contribution is 2.52. The lowest BCUT2D eigenvalue weighted by Gasteiger charge is -2.22. The van der Waals surface area contributed by atoms with Crippen molar-refractivity contribution in [3.8, 4) is 23.0 Å². The third-order valence-corrected chi connectivity index (χ3v) is 7.06. The molecular weight excluding hydrogens is 432 g/mol. The van der Waals surface area contributed by atoms with Crippen LogP contribution in [0.1, 0.15) is 26.9 Å². The Hall–Kier alpha value is -3.07. The number of nitrogens with one attached hydrogen (secondary N) is 1. The summed E-state index contributed by atoms with van der Waals surface area (Å²) >= 11 is 1.58. The van der Waals surface area contributed by atoms with E-state index >= 15 is 0 Å². The van der Waals surface area contributed by atoms with Gasteiger partial charge in [-0.2, -0.15) is 0 Å². The van der Waals surface area contributed by atoms with E-state index in [-0.39, 0.29) is 17.2 Å². The summed E-state index contributed by atoms with van der Waals surface area (Å²) in [5, 5.41) is 2.78. The van der Waals surface area contributed by atoms with Crippen LogP contribution in [-0.4, -0.2) is 63.5 Å². The maximum absolute atomic E-state index is 13.2. The van der Waals surface area contributed by atoms with E-state index in [2.05, 4.69) is 5.32 Å². The summed E-state index contributed by atoms with van der Waals surface area (Å²) in [4.78, 5) is 27.9. The summed E-state index contributed by atoms with van der Waals surface area (Å²) in [6.07, 6.45) is 0.634. The van der Waals surface area contributed by atoms with Crippen LogP contribution in [0, 0.1) is 0 Å². The van der Waals surface area contributed by atoms with Gasteiger partial charge >= 0.3 is 0 Å². The summed E-state index contributed by atoms with van der Waals surface area (Å²) in [6.45, 7) is 0.451. The van der Waals surface area contributed by atoms with Crippen LogP contribution in [0.5, 0.6) is 23.0 Å². The molecule has 0 unspecified atom stereocenters. The van der Waals surface area contributed by atoms with Crippen molar-refractivity contribution in [3.63, 3.8) is 0 Å². The van der Waals surface area contributed by atoms with Crippen molar-refractivity contribution >= 4 is 23.6 Å². The Kier molecular flexibility index (Phi) is 6.36. The monoisotopic (exact) mass is 458 g/mol. The fourth-order valence-corrected chi connectivity index (χ4v) is 5.63. The van der Waals surface area contributed by atoms with Crippen LogP contribution < -0.4 is 24.3 Å². The van der Waals surface area contributed by atoms with E-state index in [9.17, 15) is 9.59 Å². The molecule has 2 aromatic carbocycles.